The van der Waals surface area contributed by atoms with Gasteiger partial charge in [0.15, 0.2) is 18.1 Å². The second kappa shape index (κ2) is 14.9. The van der Waals surface area contributed by atoms with Crippen LogP contribution in [0.3, 0.4) is 0 Å². The summed E-state index contributed by atoms with van der Waals surface area (Å²) >= 11 is 0. The van der Waals surface area contributed by atoms with Crippen molar-refractivity contribution < 1.29 is 31.8 Å². The van der Waals surface area contributed by atoms with Gasteiger partial charge in [0.2, 0.25) is 11.6 Å². The van der Waals surface area contributed by atoms with Crippen LogP contribution in [0.15, 0.2) is 24.3 Å². The zero-order valence-corrected chi connectivity index (χ0v) is 24.3. The van der Waals surface area contributed by atoms with E-state index in [9.17, 15) is 17.6 Å². The maximum Gasteiger partial charge on any atom is 0.422 e. The van der Waals surface area contributed by atoms with Crippen LogP contribution in [0.1, 0.15) is 104 Å². The molecule has 7 heteroatoms. The summed E-state index contributed by atoms with van der Waals surface area (Å²) in [5, 5.41) is 0. The van der Waals surface area contributed by atoms with E-state index in [-0.39, 0.29) is 18.5 Å². The fourth-order valence-corrected chi connectivity index (χ4v) is 7.19. The predicted octanol–water partition coefficient (Wildman–Crippen LogP) is 9.88. The molecule has 0 atom stereocenters. The Labute approximate surface area is 238 Å². The number of ether oxygens (including phenoxy) is 3. The van der Waals surface area contributed by atoms with Crippen LogP contribution in [0, 0.1) is 41.2 Å². The Hall–Kier alpha value is -1.76. The van der Waals surface area contributed by atoms with Crippen molar-refractivity contribution >= 4 is 0 Å². The second-order valence-corrected chi connectivity index (χ2v) is 12.3. The second-order valence-electron chi connectivity index (χ2n) is 12.3. The van der Waals surface area contributed by atoms with Gasteiger partial charge in [0, 0.05) is 0 Å². The third-order valence-corrected chi connectivity index (χ3v) is 9.50. The molecule has 3 fully saturated rings. The lowest BCUT2D eigenvalue weighted by atomic mass is 9.68. The molecule has 226 valence electrons. The number of hydrogen-bond donors (Lipinski definition) is 0. The van der Waals surface area contributed by atoms with Gasteiger partial charge in [0.1, 0.15) is 0 Å². The number of alkyl halides is 2. The van der Waals surface area contributed by atoms with E-state index in [1.54, 1.807) is 6.92 Å². The van der Waals surface area contributed by atoms with Crippen molar-refractivity contribution in [3.8, 4) is 11.5 Å². The molecule has 3 aliphatic carbocycles. The summed E-state index contributed by atoms with van der Waals surface area (Å²) in [6, 6.07) is 2.02. The van der Waals surface area contributed by atoms with Crippen LogP contribution in [0.5, 0.6) is 11.5 Å². The summed E-state index contributed by atoms with van der Waals surface area (Å²) in [5.74, 6) is -0.0673. The van der Waals surface area contributed by atoms with Crippen molar-refractivity contribution in [3.05, 3.63) is 35.9 Å². The maximum atomic E-state index is 14.3. The molecular weight excluding hydrogens is 520 g/mol. The van der Waals surface area contributed by atoms with Crippen LogP contribution in [0.4, 0.5) is 17.6 Å². The minimum Gasteiger partial charge on any atom is -0.491 e. The molecule has 0 N–H and O–H groups in total. The lowest BCUT2D eigenvalue weighted by Gasteiger charge is -2.37. The third kappa shape index (κ3) is 8.87. The summed E-state index contributed by atoms with van der Waals surface area (Å²) in [7, 11) is 0. The van der Waals surface area contributed by atoms with Crippen molar-refractivity contribution in [2.24, 2.45) is 29.6 Å². The maximum absolute atomic E-state index is 14.3. The van der Waals surface area contributed by atoms with Gasteiger partial charge in [0.05, 0.1) is 12.7 Å². The van der Waals surface area contributed by atoms with Gasteiger partial charge in [-0.1, -0.05) is 44.8 Å². The van der Waals surface area contributed by atoms with E-state index in [4.69, 9.17) is 9.47 Å². The van der Waals surface area contributed by atoms with Crippen molar-refractivity contribution in [1.82, 2.24) is 0 Å². The van der Waals surface area contributed by atoms with Gasteiger partial charge in [-0.05, 0) is 113 Å². The van der Waals surface area contributed by atoms with Crippen LogP contribution in [0.2, 0.25) is 0 Å². The molecule has 1 aromatic rings. The molecule has 0 saturated heterocycles. The molecule has 0 unspecified atom stereocenters. The SMILES string of the molecule is CCCC1CCC(C2CCC(C=CC3CCC(OCC(F)(F)Oc4ccc(OCC)c(F)c4F)CC3)CC2)CC1. The van der Waals surface area contributed by atoms with Crippen LogP contribution in [0.25, 0.3) is 0 Å². The number of hydrogen-bond acceptors (Lipinski definition) is 3. The Morgan fingerprint density at radius 3 is 1.85 bits per heavy atom. The molecule has 0 bridgehead atoms. The van der Waals surface area contributed by atoms with Gasteiger partial charge in [0.25, 0.3) is 0 Å². The van der Waals surface area contributed by atoms with Crippen LogP contribution < -0.4 is 9.47 Å². The molecule has 0 aliphatic heterocycles. The van der Waals surface area contributed by atoms with Gasteiger partial charge < -0.3 is 14.2 Å². The van der Waals surface area contributed by atoms with E-state index in [1.807, 2.05) is 0 Å². The molecule has 3 aliphatic rings. The number of allylic oxidation sites excluding steroid dienone is 2. The van der Waals surface area contributed by atoms with Crippen molar-refractivity contribution in [2.45, 2.75) is 116 Å². The molecule has 0 heterocycles. The highest BCUT2D eigenvalue weighted by atomic mass is 19.3. The van der Waals surface area contributed by atoms with Crippen LogP contribution in [-0.2, 0) is 4.74 Å². The zero-order valence-electron chi connectivity index (χ0n) is 24.3. The molecule has 0 radical (unpaired) electrons. The molecule has 3 saturated carbocycles. The normalized spacial score (nSPS) is 29.9. The standard InChI is InChI=1S/C33H48F4O3/c1-3-5-23-8-14-26(15-9-23)27-16-10-24(11-17-27)6-7-25-12-18-28(19-13-25)39-22-33(36,37)40-30-21-20-29(38-4-2)31(34)32(30)35/h6-7,20-21,23-28H,3-5,8-19,22H2,1-2H3. The quantitative estimate of drug-likeness (QED) is 0.186. The largest absolute Gasteiger partial charge is 0.491 e. The lowest BCUT2D eigenvalue weighted by Crippen LogP contribution is -2.34. The van der Waals surface area contributed by atoms with Crippen molar-refractivity contribution in [2.75, 3.05) is 13.2 Å². The minimum atomic E-state index is -3.77. The fraction of sp³-hybridized carbons (Fsp3) is 0.758. The topological polar surface area (TPSA) is 27.7 Å². The van der Waals surface area contributed by atoms with Crippen molar-refractivity contribution in [1.29, 1.82) is 0 Å². The first-order valence-electron chi connectivity index (χ1n) is 15.8. The van der Waals surface area contributed by atoms with Gasteiger partial charge in [-0.2, -0.15) is 17.6 Å². The van der Waals surface area contributed by atoms with Gasteiger partial charge >= 0.3 is 6.11 Å². The Bertz CT molecular complexity index is 928. The van der Waals surface area contributed by atoms with E-state index in [0.717, 1.165) is 42.7 Å². The first-order chi connectivity index (χ1) is 19.3. The Balaban J connectivity index is 1.13. The lowest BCUT2D eigenvalue weighted by molar-refractivity contribution is -0.223. The third-order valence-electron chi connectivity index (χ3n) is 9.50. The minimum absolute atomic E-state index is 0.125. The van der Waals surface area contributed by atoms with Gasteiger partial charge in [-0.3, -0.25) is 0 Å². The first kappa shape index (κ1) is 31.2. The molecule has 0 spiro atoms. The van der Waals surface area contributed by atoms with E-state index >= 15 is 0 Å². The van der Waals surface area contributed by atoms with E-state index in [2.05, 4.69) is 23.8 Å². The molecule has 0 aromatic heterocycles. The first-order valence-corrected chi connectivity index (χ1v) is 15.8. The molecule has 40 heavy (non-hydrogen) atoms. The van der Waals surface area contributed by atoms with Crippen molar-refractivity contribution in [3.63, 3.8) is 0 Å². The Morgan fingerprint density at radius 1 is 0.750 bits per heavy atom. The summed E-state index contributed by atoms with van der Waals surface area (Å²) in [5.41, 5.74) is 0. The smallest absolute Gasteiger partial charge is 0.422 e. The average molecular weight is 569 g/mol. The number of rotatable bonds is 12. The average Bonchev–Trinajstić information content (AvgIpc) is 2.96. The molecule has 3 nitrogen and oxygen atoms in total. The number of benzene rings is 1. The Morgan fingerprint density at radius 2 is 1.27 bits per heavy atom. The van der Waals surface area contributed by atoms with Crippen LogP contribution in [-0.4, -0.2) is 25.4 Å². The summed E-state index contributed by atoms with van der Waals surface area (Å²) in [6.07, 6.45) is 17.7. The molecule has 1 aromatic carbocycles. The monoisotopic (exact) mass is 568 g/mol. The highest BCUT2D eigenvalue weighted by molar-refractivity contribution is 5.35. The zero-order chi connectivity index (χ0) is 28.5. The van der Waals surface area contributed by atoms with Gasteiger partial charge in [-0.25, -0.2) is 0 Å². The summed E-state index contributed by atoms with van der Waals surface area (Å²) < 4.78 is 71.7. The molecule has 0 amide bonds. The van der Waals surface area contributed by atoms with E-state index < -0.39 is 30.1 Å². The Kier molecular flexibility index (Phi) is 11.6. The fourth-order valence-electron chi connectivity index (χ4n) is 7.19. The summed E-state index contributed by atoms with van der Waals surface area (Å²) in [6.45, 7) is 3.04. The molecular formula is C33H48F4O3. The highest BCUT2D eigenvalue weighted by Gasteiger charge is 2.36. The summed E-state index contributed by atoms with van der Waals surface area (Å²) in [4.78, 5) is 0. The van der Waals surface area contributed by atoms with E-state index in [1.165, 1.54) is 64.2 Å². The molecule has 4 rings (SSSR count). The highest BCUT2D eigenvalue weighted by Crippen LogP contribution is 2.43. The van der Waals surface area contributed by atoms with Gasteiger partial charge in [-0.15, -0.1) is 0 Å². The number of halogens is 4. The van der Waals surface area contributed by atoms with Crippen LogP contribution >= 0.6 is 0 Å². The predicted molar refractivity (Wildman–Crippen MR) is 150 cm³/mol. The van der Waals surface area contributed by atoms with E-state index in [0.29, 0.717) is 24.7 Å².